The zero-order valence-corrected chi connectivity index (χ0v) is 19.2. The minimum absolute atomic E-state index is 0.337. The van der Waals surface area contributed by atoms with E-state index in [1.807, 2.05) is 41.9 Å². The van der Waals surface area contributed by atoms with E-state index in [1.54, 1.807) is 32.2 Å². The quantitative estimate of drug-likeness (QED) is 0.361. The lowest BCUT2D eigenvalue weighted by molar-refractivity contribution is 0.0526. The number of anilines is 1. The van der Waals surface area contributed by atoms with Crippen LogP contribution in [0.4, 0.5) is 5.82 Å². The Labute approximate surface area is 195 Å². The van der Waals surface area contributed by atoms with Gasteiger partial charge in [-0.3, -0.25) is 0 Å². The van der Waals surface area contributed by atoms with Crippen LogP contribution in [0.25, 0.3) is 33.2 Å². The van der Waals surface area contributed by atoms with Crippen LogP contribution in [0.5, 0.6) is 0 Å². The van der Waals surface area contributed by atoms with Crippen molar-refractivity contribution in [1.29, 1.82) is 0 Å². The van der Waals surface area contributed by atoms with E-state index in [2.05, 4.69) is 20.4 Å². The van der Waals surface area contributed by atoms with Crippen molar-refractivity contribution >= 4 is 33.6 Å². The Balaban J connectivity index is 1.35. The first-order valence-electron chi connectivity index (χ1n) is 11.1. The molecule has 0 amide bonds. The first-order valence-corrected chi connectivity index (χ1v) is 11.1. The number of carbonyl (C=O) groups is 1. The molecule has 9 heteroatoms. The molecule has 3 aromatic heterocycles. The number of carbonyl (C=O) groups excluding carboxylic acids is 1. The maximum absolute atomic E-state index is 12.0. The third kappa shape index (κ3) is 4.07. The molecule has 0 aliphatic rings. The van der Waals surface area contributed by atoms with Gasteiger partial charge in [-0.1, -0.05) is 17.3 Å². The van der Waals surface area contributed by atoms with Gasteiger partial charge in [-0.2, -0.15) is 4.98 Å². The number of hydrogen-bond acceptors (Lipinski definition) is 8. The molecule has 5 rings (SSSR count). The molecule has 172 valence electrons. The van der Waals surface area contributed by atoms with Gasteiger partial charge in [-0.05, 0) is 42.6 Å². The second kappa shape index (κ2) is 8.93. The first kappa shape index (κ1) is 21.6. The molecular weight excluding hydrogens is 432 g/mol. The Morgan fingerprint density at radius 1 is 1.15 bits per heavy atom. The number of nitrogens with zero attached hydrogens (tertiary/aromatic N) is 5. The molecule has 0 saturated carbocycles. The van der Waals surface area contributed by atoms with Crippen LogP contribution < -0.4 is 5.32 Å². The van der Waals surface area contributed by atoms with Gasteiger partial charge >= 0.3 is 5.97 Å². The molecule has 0 saturated heterocycles. The topological polar surface area (TPSA) is 108 Å². The maximum Gasteiger partial charge on any atom is 0.338 e. The lowest BCUT2D eigenvalue weighted by Crippen LogP contribution is -2.10. The zero-order valence-electron chi connectivity index (χ0n) is 19.2. The van der Waals surface area contributed by atoms with Crippen LogP contribution in [0.3, 0.4) is 0 Å². The van der Waals surface area contributed by atoms with Crippen LogP contribution in [0, 0.1) is 6.92 Å². The molecule has 0 spiro atoms. The van der Waals surface area contributed by atoms with E-state index in [0.29, 0.717) is 36.9 Å². The van der Waals surface area contributed by atoms with Gasteiger partial charge in [0.05, 0.1) is 23.2 Å². The lowest BCUT2D eigenvalue weighted by Gasteiger charge is -2.09. The summed E-state index contributed by atoms with van der Waals surface area (Å²) in [6.45, 7) is 4.54. The van der Waals surface area contributed by atoms with E-state index in [1.165, 1.54) is 0 Å². The fourth-order valence-electron chi connectivity index (χ4n) is 3.97. The van der Waals surface area contributed by atoms with Crippen LogP contribution in [0.1, 0.15) is 29.0 Å². The Morgan fingerprint density at radius 3 is 2.82 bits per heavy atom. The van der Waals surface area contributed by atoms with Crippen molar-refractivity contribution in [2.45, 2.75) is 20.3 Å². The summed E-state index contributed by atoms with van der Waals surface area (Å²) >= 11 is 0. The Morgan fingerprint density at radius 2 is 2.03 bits per heavy atom. The minimum atomic E-state index is -0.337. The maximum atomic E-state index is 12.0. The third-order valence-corrected chi connectivity index (χ3v) is 5.68. The van der Waals surface area contributed by atoms with Gasteiger partial charge in [0.25, 0.3) is 0 Å². The van der Waals surface area contributed by atoms with E-state index in [-0.39, 0.29) is 5.97 Å². The van der Waals surface area contributed by atoms with Crippen LogP contribution in [-0.4, -0.2) is 43.8 Å². The Kier molecular flexibility index (Phi) is 5.67. The van der Waals surface area contributed by atoms with Crippen molar-refractivity contribution in [3.05, 3.63) is 65.9 Å². The first-order chi connectivity index (χ1) is 16.5. The highest BCUT2D eigenvalue weighted by Crippen LogP contribution is 2.27. The molecule has 3 heterocycles. The summed E-state index contributed by atoms with van der Waals surface area (Å²) in [7, 11) is 1.98. The summed E-state index contributed by atoms with van der Waals surface area (Å²) < 4.78 is 12.3. The number of benzene rings is 2. The highest BCUT2D eigenvalue weighted by Gasteiger charge is 2.13. The number of nitrogens with one attached hydrogen (secondary N) is 1. The summed E-state index contributed by atoms with van der Waals surface area (Å²) in [5.74, 6) is 2.43. The standard InChI is InChI=1S/C25H24N6O3/c1-4-33-25(32)18-7-8-21-20(14-18)29-22(31(21)3)10-12-27-24-19-13-17(23-28-15(2)34-30-23)6-5-16(19)9-11-26-24/h5-9,11,13-14H,4,10,12H2,1-3H3,(H,26,27). The number of fused-ring (bicyclic) bond motifs is 2. The number of hydrogen-bond donors (Lipinski definition) is 1. The average molecular weight is 457 g/mol. The second-order valence-corrected chi connectivity index (χ2v) is 7.92. The molecule has 2 aromatic carbocycles. The molecule has 34 heavy (non-hydrogen) atoms. The highest BCUT2D eigenvalue weighted by molar-refractivity contribution is 5.95. The van der Waals surface area contributed by atoms with Gasteiger partial charge < -0.3 is 19.1 Å². The van der Waals surface area contributed by atoms with E-state index in [9.17, 15) is 4.79 Å². The van der Waals surface area contributed by atoms with Crippen molar-refractivity contribution in [1.82, 2.24) is 24.7 Å². The number of rotatable bonds is 7. The summed E-state index contributed by atoms with van der Waals surface area (Å²) in [4.78, 5) is 25.6. The highest BCUT2D eigenvalue weighted by atomic mass is 16.5. The molecule has 0 radical (unpaired) electrons. The largest absolute Gasteiger partial charge is 0.462 e. The molecule has 9 nitrogen and oxygen atoms in total. The molecule has 5 aromatic rings. The van der Waals surface area contributed by atoms with Gasteiger partial charge in [0.1, 0.15) is 11.6 Å². The van der Waals surface area contributed by atoms with Crippen LogP contribution in [-0.2, 0) is 18.2 Å². The van der Waals surface area contributed by atoms with Gasteiger partial charge in [-0.25, -0.2) is 14.8 Å². The molecule has 1 N–H and O–H groups in total. The monoisotopic (exact) mass is 456 g/mol. The van der Waals surface area contributed by atoms with Gasteiger partial charge in [0.2, 0.25) is 11.7 Å². The minimum Gasteiger partial charge on any atom is -0.462 e. The van der Waals surface area contributed by atoms with Crippen molar-refractivity contribution in [3.63, 3.8) is 0 Å². The van der Waals surface area contributed by atoms with Gasteiger partial charge in [-0.15, -0.1) is 0 Å². The van der Waals surface area contributed by atoms with E-state index < -0.39 is 0 Å². The van der Waals surface area contributed by atoms with E-state index in [0.717, 1.165) is 39.0 Å². The smallest absolute Gasteiger partial charge is 0.338 e. The fourth-order valence-corrected chi connectivity index (χ4v) is 3.97. The number of aromatic nitrogens is 5. The molecule has 0 atom stereocenters. The second-order valence-electron chi connectivity index (χ2n) is 7.92. The summed E-state index contributed by atoms with van der Waals surface area (Å²) in [6, 6.07) is 13.4. The number of ether oxygens (including phenoxy) is 1. The van der Waals surface area contributed by atoms with Crippen molar-refractivity contribution in [2.75, 3.05) is 18.5 Å². The van der Waals surface area contributed by atoms with E-state index in [4.69, 9.17) is 14.2 Å². The predicted octanol–water partition coefficient (Wildman–Crippen LogP) is 4.31. The molecule has 0 unspecified atom stereocenters. The van der Waals surface area contributed by atoms with Crippen molar-refractivity contribution in [3.8, 4) is 11.4 Å². The van der Waals surface area contributed by atoms with Crippen molar-refractivity contribution < 1.29 is 14.1 Å². The number of aryl methyl sites for hydroxylation is 2. The molecule has 0 aliphatic carbocycles. The molecular formula is C25H24N6O3. The third-order valence-electron chi connectivity index (χ3n) is 5.68. The summed E-state index contributed by atoms with van der Waals surface area (Å²) in [5, 5.41) is 9.49. The van der Waals surface area contributed by atoms with Crippen LogP contribution in [0.15, 0.2) is 53.2 Å². The SMILES string of the molecule is CCOC(=O)c1ccc2c(c1)nc(CCNc1nccc3ccc(-c4noc(C)n4)cc13)n2C. The normalized spacial score (nSPS) is 11.3. The van der Waals surface area contributed by atoms with Crippen LogP contribution in [0.2, 0.25) is 0 Å². The lowest BCUT2D eigenvalue weighted by atomic mass is 10.1. The van der Waals surface area contributed by atoms with Crippen LogP contribution >= 0.6 is 0 Å². The average Bonchev–Trinajstić information content (AvgIpc) is 3.42. The Hall–Kier alpha value is -4.27. The number of imidazole rings is 1. The predicted molar refractivity (Wildman–Crippen MR) is 129 cm³/mol. The number of pyridine rings is 1. The zero-order chi connectivity index (χ0) is 23.7. The summed E-state index contributed by atoms with van der Waals surface area (Å²) in [6.07, 6.45) is 2.47. The number of esters is 1. The summed E-state index contributed by atoms with van der Waals surface area (Å²) in [5.41, 5.74) is 3.11. The molecule has 0 fully saturated rings. The fraction of sp³-hybridized carbons (Fsp3) is 0.240. The Bertz CT molecular complexity index is 1500. The van der Waals surface area contributed by atoms with E-state index >= 15 is 0 Å². The molecule has 0 aliphatic heterocycles. The van der Waals surface area contributed by atoms with Gasteiger partial charge in [0, 0.05) is 44.1 Å². The van der Waals surface area contributed by atoms with Crippen molar-refractivity contribution in [2.24, 2.45) is 7.05 Å². The van der Waals surface area contributed by atoms with Gasteiger partial charge in [0.15, 0.2) is 0 Å². The molecule has 0 bridgehead atoms.